The molecule has 0 bridgehead atoms. The number of carbonyl (C=O) groups is 2. The molecule has 228 valence electrons. The average Bonchev–Trinajstić information content (AvgIpc) is 2.93. The Morgan fingerprint density at radius 2 is 0.975 bits per heavy atom. The maximum absolute atomic E-state index is 10.3. The van der Waals surface area contributed by atoms with Gasteiger partial charge in [0.05, 0.1) is 0 Å². The van der Waals surface area contributed by atoms with Crippen LogP contribution in [0.15, 0.2) is 72.9 Å². The van der Waals surface area contributed by atoms with E-state index in [4.69, 9.17) is 10.2 Å². The van der Waals surface area contributed by atoms with Gasteiger partial charge in [-0.2, -0.15) is 0 Å². The Morgan fingerprint density at radius 3 is 1.52 bits per heavy atom. The molecule has 4 heteroatoms. The SMILES string of the molecule is CC/C=C\C/C=C\C/C=C\CCCCCCCC(=O)O.CCCCCCCCCCCC=CC=CC=CC(=O)O. The van der Waals surface area contributed by atoms with Crippen molar-refractivity contribution in [3.63, 3.8) is 0 Å². The molecule has 40 heavy (non-hydrogen) atoms. The van der Waals surface area contributed by atoms with Gasteiger partial charge in [0.2, 0.25) is 0 Å². The second-order valence-corrected chi connectivity index (χ2v) is 10.1. The third-order valence-corrected chi connectivity index (χ3v) is 6.22. The lowest BCUT2D eigenvalue weighted by atomic mass is 10.1. The number of hydrogen-bond acceptors (Lipinski definition) is 2. The van der Waals surface area contributed by atoms with Crippen molar-refractivity contribution in [1.29, 1.82) is 0 Å². The molecule has 0 spiro atoms. The minimum Gasteiger partial charge on any atom is -0.481 e. The molecule has 0 aromatic carbocycles. The molecule has 0 heterocycles. The Bertz CT molecular complexity index is 725. The Kier molecular flexibility index (Phi) is 35.9. The van der Waals surface area contributed by atoms with Gasteiger partial charge in [-0.05, 0) is 51.4 Å². The minimum absolute atomic E-state index is 0.319. The summed E-state index contributed by atoms with van der Waals surface area (Å²) >= 11 is 0. The molecule has 0 saturated carbocycles. The van der Waals surface area contributed by atoms with Crippen LogP contribution in [0.4, 0.5) is 0 Å². The third kappa shape index (κ3) is 42.5. The molecule has 0 aliphatic carbocycles. The second-order valence-electron chi connectivity index (χ2n) is 10.1. The highest BCUT2D eigenvalue weighted by atomic mass is 16.4. The predicted molar refractivity (Wildman–Crippen MR) is 174 cm³/mol. The van der Waals surface area contributed by atoms with Crippen LogP contribution in [0, 0.1) is 0 Å². The normalized spacial score (nSPS) is 12.1. The summed E-state index contributed by atoms with van der Waals surface area (Å²) in [7, 11) is 0. The van der Waals surface area contributed by atoms with Crippen LogP contribution < -0.4 is 0 Å². The number of aliphatic carboxylic acids is 2. The molecule has 0 aliphatic rings. The quantitative estimate of drug-likeness (QED) is 0.0481. The molecule has 2 N–H and O–H groups in total. The van der Waals surface area contributed by atoms with Crippen molar-refractivity contribution in [1.82, 2.24) is 0 Å². The van der Waals surface area contributed by atoms with Gasteiger partial charge >= 0.3 is 11.9 Å². The monoisotopic (exact) mass is 556 g/mol. The number of hydrogen-bond donors (Lipinski definition) is 2. The number of rotatable bonds is 26. The molecule has 0 unspecified atom stereocenters. The number of allylic oxidation sites excluding steroid dienone is 11. The van der Waals surface area contributed by atoms with Crippen molar-refractivity contribution >= 4 is 11.9 Å². The van der Waals surface area contributed by atoms with E-state index >= 15 is 0 Å². The molecule has 0 fully saturated rings. The Balaban J connectivity index is 0. The second kappa shape index (κ2) is 36.4. The number of unbranched alkanes of at least 4 members (excludes halogenated alkanes) is 14. The molecule has 0 aromatic rings. The fourth-order valence-corrected chi connectivity index (χ4v) is 3.91. The summed E-state index contributed by atoms with van der Waals surface area (Å²) in [6.07, 6.45) is 47.1. The van der Waals surface area contributed by atoms with Crippen LogP contribution in [0.5, 0.6) is 0 Å². The van der Waals surface area contributed by atoms with Crippen LogP contribution in [0.2, 0.25) is 0 Å². The van der Waals surface area contributed by atoms with E-state index in [1.54, 1.807) is 6.08 Å². The van der Waals surface area contributed by atoms with Gasteiger partial charge in [0, 0.05) is 12.5 Å². The van der Waals surface area contributed by atoms with Crippen LogP contribution in [0.1, 0.15) is 142 Å². The molecule has 0 rings (SSSR count). The van der Waals surface area contributed by atoms with Gasteiger partial charge < -0.3 is 10.2 Å². The third-order valence-electron chi connectivity index (χ3n) is 6.22. The minimum atomic E-state index is -0.909. The molecule has 0 aromatic heterocycles. The van der Waals surface area contributed by atoms with Gasteiger partial charge in [0.25, 0.3) is 0 Å². The summed E-state index contributed by atoms with van der Waals surface area (Å²) in [5.74, 6) is -1.58. The Hall–Kier alpha value is -2.62. The Labute approximate surface area is 246 Å². The van der Waals surface area contributed by atoms with Gasteiger partial charge in [0.15, 0.2) is 0 Å². The Morgan fingerprint density at radius 1 is 0.500 bits per heavy atom. The van der Waals surface area contributed by atoms with Gasteiger partial charge in [-0.1, -0.05) is 151 Å². The standard InChI is InChI=1S/2C18H30O2/c2*1-2-3-4-5-6-7-8-9-10-11-12-13-14-15-16-17-18(19)20/h12-17H,2-11H2,1H3,(H,19,20);3-4,6-7,9-10H,2,5,8,11-17H2,1H3,(H,19,20)/b;4-3-,7-6-,10-9-. The van der Waals surface area contributed by atoms with Crippen molar-refractivity contribution in [3.8, 4) is 0 Å². The van der Waals surface area contributed by atoms with Crippen LogP contribution in [-0.4, -0.2) is 22.2 Å². The molecule has 0 amide bonds. The maximum Gasteiger partial charge on any atom is 0.328 e. The van der Waals surface area contributed by atoms with Crippen LogP contribution in [0.25, 0.3) is 0 Å². The van der Waals surface area contributed by atoms with E-state index in [0.29, 0.717) is 6.42 Å². The zero-order valence-electron chi connectivity index (χ0n) is 25.8. The highest BCUT2D eigenvalue weighted by molar-refractivity contribution is 5.80. The maximum atomic E-state index is 10.3. The lowest BCUT2D eigenvalue weighted by Gasteiger charge is -2.00. The first kappa shape index (κ1) is 39.5. The zero-order chi connectivity index (χ0) is 29.8. The van der Waals surface area contributed by atoms with Crippen molar-refractivity contribution in [2.24, 2.45) is 0 Å². The first-order valence-corrected chi connectivity index (χ1v) is 15.9. The van der Waals surface area contributed by atoms with E-state index in [1.165, 1.54) is 76.7 Å². The van der Waals surface area contributed by atoms with E-state index in [2.05, 4.69) is 56.4 Å². The highest BCUT2D eigenvalue weighted by Gasteiger charge is 1.95. The smallest absolute Gasteiger partial charge is 0.328 e. The number of carboxylic acids is 2. The van der Waals surface area contributed by atoms with Crippen molar-refractivity contribution in [3.05, 3.63) is 72.9 Å². The molecule has 0 atom stereocenters. The topological polar surface area (TPSA) is 74.6 Å². The van der Waals surface area contributed by atoms with Crippen LogP contribution >= 0.6 is 0 Å². The summed E-state index contributed by atoms with van der Waals surface area (Å²) in [6.45, 7) is 4.40. The van der Waals surface area contributed by atoms with E-state index in [9.17, 15) is 9.59 Å². The van der Waals surface area contributed by atoms with Gasteiger partial charge in [-0.15, -0.1) is 0 Å². The summed E-state index contributed by atoms with van der Waals surface area (Å²) in [6, 6.07) is 0. The summed E-state index contributed by atoms with van der Waals surface area (Å²) in [5, 5.41) is 16.9. The summed E-state index contributed by atoms with van der Waals surface area (Å²) < 4.78 is 0. The van der Waals surface area contributed by atoms with Gasteiger partial charge in [-0.25, -0.2) is 4.79 Å². The van der Waals surface area contributed by atoms with Crippen LogP contribution in [0.3, 0.4) is 0 Å². The average molecular weight is 557 g/mol. The molecule has 0 radical (unpaired) electrons. The van der Waals surface area contributed by atoms with E-state index in [1.807, 2.05) is 12.2 Å². The number of carboxylic acid groups (broad SMARTS) is 2. The first-order chi connectivity index (χ1) is 19.5. The van der Waals surface area contributed by atoms with Crippen LogP contribution in [-0.2, 0) is 9.59 Å². The fourth-order valence-electron chi connectivity index (χ4n) is 3.91. The highest BCUT2D eigenvalue weighted by Crippen LogP contribution is 2.11. The van der Waals surface area contributed by atoms with E-state index < -0.39 is 11.9 Å². The van der Waals surface area contributed by atoms with Crippen molar-refractivity contribution in [2.45, 2.75) is 142 Å². The molecule has 0 saturated heterocycles. The molecular weight excluding hydrogens is 496 g/mol. The zero-order valence-corrected chi connectivity index (χ0v) is 25.8. The van der Waals surface area contributed by atoms with Crippen molar-refractivity contribution < 1.29 is 19.8 Å². The summed E-state index contributed by atoms with van der Waals surface area (Å²) in [4.78, 5) is 20.5. The summed E-state index contributed by atoms with van der Waals surface area (Å²) in [5.41, 5.74) is 0. The fraction of sp³-hybridized carbons (Fsp3) is 0.611. The first-order valence-electron chi connectivity index (χ1n) is 15.9. The molecule has 0 aliphatic heterocycles. The largest absolute Gasteiger partial charge is 0.481 e. The lowest BCUT2D eigenvalue weighted by molar-refractivity contribution is -0.137. The van der Waals surface area contributed by atoms with E-state index in [0.717, 1.165) is 57.4 Å². The lowest BCUT2D eigenvalue weighted by Crippen LogP contribution is -1.93. The van der Waals surface area contributed by atoms with Crippen molar-refractivity contribution in [2.75, 3.05) is 0 Å². The van der Waals surface area contributed by atoms with Gasteiger partial charge in [-0.3, -0.25) is 4.79 Å². The predicted octanol–water partition coefficient (Wildman–Crippen LogP) is 11.3. The molecular formula is C36H60O4. The van der Waals surface area contributed by atoms with Gasteiger partial charge in [0.1, 0.15) is 0 Å². The molecule has 4 nitrogen and oxygen atoms in total. The van der Waals surface area contributed by atoms with E-state index in [-0.39, 0.29) is 0 Å².